The van der Waals surface area contributed by atoms with Gasteiger partial charge in [0.2, 0.25) is 47.5 Å². The standard InChI is InChI=1S/C62H94N2O57S6.9Na/c1-9-14-30(69)107-38-26(19-65)104-27(20-99-123(84,85)86)39(38)112-62-54(121-127(96,97)98)49(111-34(73)18-13-5)47(51(119-62)57(79)80)117-59-36(64-122(81,82)83)43(120-126(93,94)95)41(29(106-59)22-101-125(90,91)92)114-61-53(103-25(8)68)48(110-33(72)17-12-4)46(50(118-61)56(77)78)116-58-35(63-23(6)66)42(108-31(70)15-10-2)40(28(105-58)21-100-124(87,88)89)113-60-52(102-24(7)67)44(109-32(71)16-11-3)37(74)45(115-60)55(75)76;;;;;;;;;/h26-29,35-54,58-62,64-65,74H,9-22H2,1-8H3,(H,63,66)(H,75,76)(H,77,78)(H,79,80)(H,81,82,83)(H,84,85,86)(H,87,88,89)(H,90,91,92)(H,93,94,95)(H,96,97,98);;;;;;;;;/q;9*+1/p-8. The van der Waals surface area contributed by atoms with Crippen molar-refractivity contribution in [1.29, 1.82) is 0 Å². The van der Waals surface area contributed by atoms with E-state index in [9.17, 15) is 156 Å². The van der Waals surface area contributed by atoms with Crippen molar-refractivity contribution in [3.05, 3.63) is 0 Å². The van der Waals surface area contributed by atoms with Crippen LogP contribution in [-0.4, -0.2) is 358 Å². The second kappa shape index (κ2) is 65.2. The van der Waals surface area contributed by atoms with E-state index in [-0.39, 0.29) is 298 Å². The second-order valence-electron chi connectivity index (χ2n) is 27.7. The van der Waals surface area contributed by atoms with Crippen LogP contribution in [0, 0.1) is 0 Å². The van der Waals surface area contributed by atoms with E-state index in [0.717, 1.165) is 4.72 Å². The summed E-state index contributed by atoms with van der Waals surface area (Å²) in [7, 11) is -37.9. The minimum absolute atomic E-state index is 0. The summed E-state index contributed by atoms with van der Waals surface area (Å²) in [6, 6.07) is -5.99. The molecule has 1 amide bonds. The molecule has 0 radical (unpaired) electrons. The van der Waals surface area contributed by atoms with Crippen LogP contribution in [0.1, 0.15) is 120 Å². The van der Waals surface area contributed by atoms with E-state index < -0.39 is 364 Å². The summed E-state index contributed by atoms with van der Waals surface area (Å²) in [6.45, 7) is 1.82. The van der Waals surface area contributed by atoms with Crippen molar-refractivity contribution in [2.75, 3.05) is 26.4 Å². The molecule has 6 rings (SSSR count). The Bertz CT molecular complexity index is 4610. The number of aliphatic hydroxyl groups excluding tert-OH is 2. The fourth-order valence-electron chi connectivity index (χ4n) is 13.3. The summed E-state index contributed by atoms with van der Waals surface area (Å²) in [5, 5.41) is 64.0. The van der Waals surface area contributed by atoms with Gasteiger partial charge in [0.25, 0.3) is 0 Å². The molecule has 0 aliphatic carbocycles. The molecule has 6 fully saturated rings. The zero-order chi connectivity index (χ0) is 95.7. The fourth-order valence-corrected chi connectivity index (χ4v) is 15.8. The van der Waals surface area contributed by atoms with Gasteiger partial charge < -0.3 is 153 Å². The zero-order valence-corrected chi connectivity index (χ0v) is 98.9. The summed E-state index contributed by atoms with van der Waals surface area (Å²) in [4.78, 5) is 148. The predicted molar refractivity (Wildman–Crippen MR) is 372 cm³/mol. The van der Waals surface area contributed by atoms with E-state index >= 15 is 0 Å². The first-order chi connectivity index (χ1) is 58.8. The van der Waals surface area contributed by atoms with Gasteiger partial charge in [-0.25, -0.2) is 51.0 Å². The van der Waals surface area contributed by atoms with Gasteiger partial charge >= 0.3 is 318 Å². The van der Waals surface area contributed by atoms with Gasteiger partial charge in [-0.2, -0.15) is 8.42 Å². The third kappa shape index (κ3) is 46.0. The maximum absolute atomic E-state index is 14.1. The van der Waals surface area contributed by atoms with Gasteiger partial charge in [-0.05, 0) is 32.1 Å². The number of carboxylic acids is 3. The van der Waals surface area contributed by atoms with Crippen molar-refractivity contribution in [3.8, 4) is 0 Å². The van der Waals surface area contributed by atoms with E-state index in [1.165, 1.54) is 34.6 Å². The largest absolute Gasteiger partial charge is 1.00 e. The maximum atomic E-state index is 14.1. The topological polar surface area (TPSA) is 874 Å². The van der Waals surface area contributed by atoms with Crippen LogP contribution in [0.4, 0.5) is 0 Å². The van der Waals surface area contributed by atoms with Gasteiger partial charge in [0, 0.05) is 52.9 Å². The van der Waals surface area contributed by atoms with Gasteiger partial charge in [-0.1, -0.05) is 34.6 Å². The zero-order valence-electron chi connectivity index (χ0n) is 76.0. The molecule has 0 spiro atoms. The Morgan fingerprint density at radius 3 is 0.956 bits per heavy atom. The Morgan fingerprint density at radius 1 is 0.331 bits per heavy atom. The average Bonchev–Trinajstić information content (AvgIpc) is 0.925. The molecular weight excluding hydrogens is 2080 g/mol. The van der Waals surface area contributed by atoms with E-state index in [0.29, 0.717) is 20.8 Å². The van der Waals surface area contributed by atoms with Crippen LogP contribution >= 0.6 is 0 Å². The molecule has 29 atom stereocenters. The normalized spacial score (nSPS) is 31.1. The molecule has 29 unspecified atom stereocenters. The van der Waals surface area contributed by atoms with E-state index in [1.54, 1.807) is 0 Å². The number of carbonyl (C=O) groups is 11. The van der Waals surface area contributed by atoms with E-state index in [1.807, 2.05) is 0 Å². The summed E-state index contributed by atoms with van der Waals surface area (Å²) < 4.78 is 351. The Kier molecular flexibility index (Phi) is 69.1. The molecule has 0 bridgehead atoms. The number of carbonyl (C=O) groups excluding carboxylic acids is 11. The Morgan fingerprint density at radius 2 is 0.632 bits per heavy atom. The SMILES string of the molecule is CCCC(=O)OC1C(CO)OC(COS(=O)(=O)[O-])C1OC1OC(C(=O)[O-])C(OC2OC(COS(=O)(=O)[O-])C(OC3OC(C(=O)[O-])C(OC4OC(COS(=O)(=O)[O-])C(OC5OC(C(=O)[O-])C(O)C(OC(=O)CCC)C5OC(C)=O)C(OC(=O)CCC)C4NC(C)=O)C(OC(=O)CCC)C3OC(C)=O)C(OS(=O)(=O)O)C2NS(=O)(=O)[O-])C(OC(=O)CCC)C1OS(=O)(=O)[O-].[Na+].[Na+].[Na+].[Na+].[Na+].[Na+].[Na+].[Na+].[Na+]. The van der Waals surface area contributed by atoms with Crippen LogP contribution < -0.4 is 291 Å². The van der Waals surface area contributed by atoms with Crippen molar-refractivity contribution in [3.63, 3.8) is 0 Å². The first kappa shape index (κ1) is 144. The van der Waals surface area contributed by atoms with Crippen molar-refractivity contribution in [1.82, 2.24) is 10.0 Å². The molecule has 6 aliphatic rings. The van der Waals surface area contributed by atoms with Crippen LogP contribution in [0.2, 0.25) is 0 Å². The molecule has 5 N–H and O–H groups in total. The number of rotatable bonds is 47. The summed E-state index contributed by atoms with van der Waals surface area (Å²) >= 11 is 0. The molecule has 0 aromatic carbocycles. The molecule has 0 aromatic heterocycles. The predicted octanol–water partition coefficient (Wildman–Crippen LogP) is -39.2. The number of hydrogen-bond donors (Lipinski definition) is 5. The van der Waals surface area contributed by atoms with E-state index in [2.05, 4.69) is 22.0 Å². The van der Waals surface area contributed by atoms with Crippen LogP contribution in [-0.2, 0) is 221 Å². The average molecular weight is 2170 g/mol. The number of ether oxygens (including phenoxy) is 18. The molecule has 6 saturated heterocycles. The smallest absolute Gasteiger partial charge is 0.735 e. The van der Waals surface area contributed by atoms with Gasteiger partial charge in [0.1, 0.15) is 97.5 Å². The molecule has 136 heavy (non-hydrogen) atoms. The third-order valence-electron chi connectivity index (χ3n) is 18.0. The van der Waals surface area contributed by atoms with Gasteiger partial charge in [-0.15, -0.1) is 0 Å². The maximum Gasteiger partial charge on any atom is 1.00 e. The third-order valence-corrected chi connectivity index (χ3v) is 20.8. The van der Waals surface area contributed by atoms with Gasteiger partial charge in [-0.3, -0.25) is 59.6 Å². The number of esters is 7. The van der Waals surface area contributed by atoms with Crippen LogP contribution in [0.15, 0.2) is 0 Å². The number of nitrogens with one attached hydrogen (secondary N) is 2. The fraction of sp³-hybridized carbons (Fsp3) is 0.823. The summed E-state index contributed by atoms with van der Waals surface area (Å²) in [5.74, 6) is -19.3. The van der Waals surface area contributed by atoms with Crippen molar-refractivity contribution < 1.29 is 528 Å². The monoisotopic (exact) mass is 2170 g/mol. The molecular formula is C62H86N2Na9O57S6+. The first-order valence-electron chi connectivity index (χ1n) is 37.4. The number of aliphatic hydroxyl groups is 2. The minimum atomic E-state index is -6.60. The quantitative estimate of drug-likeness (QED) is 0.0124. The van der Waals surface area contributed by atoms with Gasteiger partial charge in [0.05, 0.1) is 44.3 Å². The Labute approximate surface area is 976 Å². The minimum Gasteiger partial charge on any atom is -0.735 e. The molecule has 0 saturated carbocycles. The first-order valence-corrected chi connectivity index (χ1v) is 45.5. The van der Waals surface area contributed by atoms with Crippen molar-refractivity contribution in [2.24, 2.45) is 0 Å². The van der Waals surface area contributed by atoms with Crippen molar-refractivity contribution in [2.45, 2.75) is 297 Å². The Balaban J connectivity index is -0.00000968. The number of aliphatic carboxylic acids is 3. The molecule has 0 aromatic rings. The number of carboxylic acid groups (broad SMARTS) is 3. The summed E-state index contributed by atoms with van der Waals surface area (Å²) in [5.41, 5.74) is 0. The van der Waals surface area contributed by atoms with Crippen LogP contribution in [0.3, 0.4) is 0 Å². The molecule has 6 heterocycles. The van der Waals surface area contributed by atoms with Crippen LogP contribution in [0.25, 0.3) is 0 Å². The number of hydrogen-bond acceptors (Lipinski definition) is 56. The van der Waals surface area contributed by atoms with E-state index in [4.69, 9.17) is 89.4 Å². The molecule has 730 valence electrons. The number of amides is 1. The Hall–Kier alpha value is 1.87. The molecule has 74 heteroatoms. The second-order valence-corrected chi connectivity index (χ2v) is 34.1. The molecule has 6 aliphatic heterocycles. The van der Waals surface area contributed by atoms with Crippen LogP contribution in [0.5, 0.6) is 0 Å². The van der Waals surface area contributed by atoms with Gasteiger partial charge in [0.15, 0.2) is 90.6 Å². The molecule has 59 nitrogen and oxygen atoms in total. The summed E-state index contributed by atoms with van der Waals surface area (Å²) in [6.07, 6.45) is -81.6. The van der Waals surface area contributed by atoms with Crippen molar-refractivity contribution >= 4 is 128 Å².